The average molecular weight is 416 g/mol. The second-order valence-corrected chi connectivity index (χ2v) is 8.08. The topological polar surface area (TPSA) is 170 Å². The van der Waals surface area contributed by atoms with E-state index in [0.717, 1.165) is 29.2 Å². The number of hydrazine groups is 1. The Morgan fingerprint density at radius 2 is 2.22 bits per heavy atom. The average Bonchev–Trinajstić information content (AvgIpc) is 3.25. The Hall–Kier alpha value is -2.03. The van der Waals surface area contributed by atoms with Crippen LogP contribution in [-0.2, 0) is 4.74 Å². The van der Waals surface area contributed by atoms with E-state index in [1.54, 1.807) is 0 Å². The molecule has 0 radical (unpaired) electrons. The fraction of sp³-hybridized carbons (Fsp3) is 0.692. The predicted molar refractivity (Wildman–Crippen MR) is 101 cm³/mol. The van der Waals surface area contributed by atoms with Crippen LogP contribution in [0.25, 0.3) is 0 Å². The molecule has 1 aromatic rings. The van der Waals surface area contributed by atoms with E-state index in [-0.39, 0.29) is 15.6 Å². The van der Waals surface area contributed by atoms with Crippen molar-refractivity contribution in [3.63, 3.8) is 0 Å². The smallest absolute Gasteiger partial charge is 0.311 e. The summed E-state index contributed by atoms with van der Waals surface area (Å²) in [6.45, 7) is 2.03. The number of anilines is 1. The number of carbonyl (C=O) groups is 1. The van der Waals surface area contributed by atoms with E-state index in [1.807, 2.05) is 6.92 Å². The van der Waals surface area contributed by atoms with Crippen LogP contribution in [-0.4, -0.2) is 39.0 Å². The van der Waals surface area contributed by atoms with Gasteiger partial charge >= 0.3 is 4.87 Å². The largest absolute Gasteiger partial charge is 0.341 e. The second kappa shape index (κ2) is 8.33. The van der Waals surface area contributed by atoms with Gasteiger partial charge in [0.05, 0.1) is 0 Å². The minimum atomic E-state index is -1.03. The first kappa shape index (κ1) is 19.7. The lowest BCUT2D eigenvalue weighted by Crippen LogP contribution is -2.52. The highest BCUT2D eigenvalue weighted by Crippen LogP contribution is 2.39. The van der Waals surface area contributed by atoms with Gasteiger partial charge in [-0.1, -0.05) is 41.5 Å². The van der Waals surface area contributed by atoms with Gasteiger partial charge in [0.25, 0.3) is 5.91 Å². The van der Waals surface area contributed by atoms with Crippen LogP contribution in [0.1, 0.15) is 42.1 Å². The van der Waals surface area contributed by atoms with Gasteiger partial charge in [-0.2, -0.15) is 4.91 Å². The molecule has 0 spiro atoms. The molecule has 14 heteroatoms. The van der Waals surface area contributed by atoms with Crippen LogP contribution in [0.4, 0.5) is 5.82 Å². The number of hydrogen-bond donors (Lipinski definition) is 3. The lowest BCUT2D eigenvalue weighted by Gasteiger charge is -2.30. The second-order valence-electron chi connectivity index (χ2n) is 5.98. The molecule has 0 bridgehead atoms. The zero-order chi connectivity index (χ0) is 19.6. The molecule has 1 amide bonds. The van der Waals surface area contributed by atoms with E-state index in [1.165, 1.54) is 16.3 Å². The number of thiazole rings is 1. The van der Waals surface area contributed by atoms with Gasteiger partial charge in [-0.15, -0.1) is 16.9 Å². The molecule has 1 fully saturated rings. The number of unbranched alkanes of at least 4 members (excludes halogenated alkanes) is 1. The zero-order valence-electron chi connectivity index (χ0n) is 14.5. The number of aromatic nitrogens is 1. The molecule has 12 nitrogen and oxygen atoms in total. The van der Waals surface area contributed by atoms with Crippen LogP contribution in [0.2, 0.25) is 0 Å². The standard InChI is InChI=1S/C13H20N8O4S2/c1-2-3-4-6(18-24)11-25-7(5-26-11)20-9-8(27-13(20)23)10(22)21(15)12(16-9)17-19-14/h6-7,11-12,16H,2-5,15H2,1H3,(H2,14,17)/t6?,7-,11+,12?/m1/s1. The van der Waals surface area contributed by atoms with Crippen molar-refractivity contribution >= 4 is 34.8 Å². The van der Waals surface area contributed by atoms with Crippen LogP contribution < -0.4 is 21.9 Å². The van der Waals surface area contributed by atoms with E-state index in [9.17, 15) is 14.5 Å². The number of amides is 1. The number of fused-ring (bicyclic) bond motifs is 1. The third-order valence-electron chi connectivity index (χ3n) is 4.26. The van der Waals surface area contributed by atoms with E-state index < -0.39 is 29.9 Å². The maximum atomic E-state index is 12.5. The first-order chi connectivity index (χ1) is 13.0. The summed E-state index contributed by atoms with van der Waals surface area (Å²) in [4.78, 5) is 35.8. The molecular formula is C13H20N8O4S2. The van der Waals surface area contributed by atoms with E-state index in [0.29, 0.717) is 12.2 Å². The molecule has 2 aliphatic rings. The van der Waals surface area contributed by atoms with Gasteiger partial charge in [0.2, 0.25) is 6.29 Å². The SMILES string of the molecule is CCCCC(N=O)[C@H]1O[C@@H](n2c3c(sc2=O)C(=O)N(N)C(N=NN)N3)CS1. The number of nitrogens with zero attached hydrogens (tertiary/aromatic N) is 5. The van der Waals surface area contributed by atoms with Crippen molar-refractivity contribution in [3.8, 4) is 0 Å². The van der Waals surface area contributed by atoms with Gasteiger partial charge < -0.3 is 15.9 Å². The summed E-state index contributed by atoms with van der Waals surface area (Å²) in [5.74, 6) is 10.9. The van der Waals surface area contributed by atoms with Gasteiger partial charge in [-0.3, -0.25) is 14.2 Å². The minimum Gasteiger partial charge on any atom is -0.341 e. The summed E-state index contributed by atoms with van der Waals surface area (Å²) < 4.78 is 7.27. The molecule has 2 unspecified atom stereocenters. The zero-order valence-corrected chi connectivity index (χ0v) is 16.1. The first-order valence-electron chi connectivity index (χ1n) is 8.31. The fourth-order valence-corrected chi connectivity index (χ4v) is 5.02. The lowest BCUT2D eigenvalue weighted by atomic mass is 10.1. The molecule has 5 N–H and O–H groups in total. The minimum absolute atomic E-state index is 0.152. The number of nitrogens with two attached hydrogens (primary N) is 2. The summed E-state index contributed by atoms with van der Waals surface area (Å²) in [5.41, 5.74) is -0.439. The van der Waals surface area contributed by atoms with Crippen LogP contribution >= 0.6 is 23.1 Å². The van der Waals surface area contributed by atoms with Crippen molar-refractivity contribution in [2.75, 3.05) is 11.1 Å². The van der Waals surface area contributed by atoms with Crippen LogP contribution in [0.15, 0.2) is 20.3 Å². The predicted octanol–water partition coefficient (Wildman–Crippen LogP) is 1.17. The summed E-state index contributed by atoms with van der Waals surface area (Å²) in [6, 6.07) is -0.488. The lowest BCUT2D eigenvalue weighted by molar-refractivity contribution is 0.00734. The Kier molecular flexibility index (Phi) is 6.08. The number of rotatable bonds is 7. The molecule has 0 aromatic carbocycles. The molecule has 3 heterocycles. The van der Waals surface area contributed by atoms with Crippen molar-refractivity contribution in [1.82, 2.24) is 9.58 Å². The van der Waals surface area contributed by atoms with Crippen molar-refractivity contribution < 1.29 is 9.53 Å². The molecule has 0 saturated carbocycles. The molecule has 3 rings (SSSR count). The quantitative estimate of drug-likeness (QED) is 0.195. The third kappa shape index (κ3) is 3.69. The first-order valence-corrected chi connectivity index (χ1v) is 10.2. The Labute approximate surface area is 162 Å². The molecule has 0 aliphatic carbocycles. The molecule has 4 atom stereocenters. The highest BCUT2D eigenvalue weighted by Gasteiger charge is 2.40. The van der Waals surface area contributed by atoms with E-state index in [2.05, 4.69) is 20.8 Å². The van der Waals surface area contributed by atoms with Crippen molar-refractivity contribution in [2.45, 2.75) is 50.2 Å². The number of carbonyl (C=O) groups excluding carboxylic acids is 1. The van der Waals surface area contributed by atoms with Gasteiger partial charge in [0.15, 0.2) is 0 Å². The third-order valence-corrected chi connectivity index (χ3v) is 6.44. The van der Waals surface area contributed by atoms with Crippen molar-refractivity contribution in [3.05, 3.63) is 19.5 Å². The van der Waals surface area contributed by atoms with Crippen LogP contribution in [0.5, 0.6) is 0 Å². The number of ether oxygens (including phenoxy) is 1. The Bertz CT molecular complexity index is 796. The Morgan fingerprint density at radius 3 is 2.89 bits per heavy atom. The molecule has 1 aromatic heterocycles. The number of hydrogen-bond acceptors (Lipinski definition) is 11. The van der Waals surface area contributed by atoms with Gasteiger partial charge in [-0.05, 0) is 6.42 Å². The molecule has 27 heavy (non-hydrogen) atoms. The molecule has 148 valence electrons. The summed E-state index contributed by atoms with van der Waals surface area (Å²) >= 11 is 2.18. The summed E-state index contributed by atoms with van der Waals surface area (Å²) in [6.07, 6.45) is 0.762. The van der Waals surface area contributed by atoms with Gasteiger partial charge in [0.1, 0.15) is 28.4 Å². The maximum Gasteiger partial charge on any atom is 0.311 e. The van der Waals surface area contributed by atoms with Crippen LogP contribution in [0, 0.1) is 4.91 Å². The normalized spacial score (nSPS) is 26.2. The molecule has 1 saturated heterocycles. The fourth-order valence-electron chi connectivity index (χ4n) is 2.89. The van der Waals surface area contributed by atoms with E-state index in [4.69, 9.17) is 16.4 Å². The monoisotopic (exact) mass is 416 g/mol. The molecular weight excluding hydrogens is 396 g/mol. The van der Waals surface area contributed by atoms with E-state index >= 15 is 0 Å². The van der Waals surface area contributed by atoms with Crippen molar-refractivity contribution in [1.29, 1.82) is 0 Å². The summed E-state index contributed by atoms with van der Waals surface area (Å²) in [7, 11) is 0. The summed E-state index contributed by atoms with van der Waals surface area (Å²) in [5, 5.41) is 13.6. The maximum absolute atomic E-state index is 12.5. The number of nitrogens with one attached hydrogen (secondary N) is 1. The highest BCUT2D eigenvalue weighted by molar-refractivity contribution is 8.00. The van der Waals surface area contributed by atoms with Gasteiger partial charge in [0, 0.05) is 5.75 Å². The van der Waals surface area contributed by atoms with Crippen molar-refractivity contribution in [2.24, 2.45) is 27.2 Å². The number of thioether (sulfide) groups is 1. The number of nitroso groups, excluding NO2 is 1. The Balaban J connectivity index is 1.85. The highest BCUT2D eigenvalue weighted by atomic mass is 32.2. The Morgan fingerprint density at radius 1 is 1.44 bits per heavy atom. The van der Waals surface area contributed by atoms with Crippen LogP contribution in [0.3, 0.4) is 0 Å². The van der Waals surface area contributed by atoms with Gasteiger partial charge in [-0.25, -0.2) is 10.9 Å². The molecule has 2 aliphatic heterocycles.